The minimum absolute atomic E-state index is 0.258. The van der Waals surface area contributed by atoms with Crippen molar-refractivity contribution < 1.29 is 4.79 Å². The van der Waals surface area contributed by atoms with Gasteiger partial charge in [0.1, 0.15) is 0 Å². The lowest BCUT2D eigenvalue weighted by Gasteiger charge is -2.35. The minimum Gasteiger partial charge on any atom is -0.342 e. The highest BCUT2D eigenvalue weighted by molar-refractivity contribution is 6.20. The zero-order valence-electron chi connectivity index (χ0n) is 10.8. The summed E-state index contributed by atoms with van der Waals surface area (Å²) in [5.41, 5.74) is 0. The van der Waals surface area contributed by atoms with Crippen LogP contribution in [0.25, 0.3) is 0 Å². The summed E-state index contributed by atoms with van der Waals surface area (Å²) < 4.78 is 0. The van der Waals surface area contributed by atoms with E-state index >= 15 is 0 Å². The Hall–Kier alpha value is -0.240. The zero-order chi connectivity index (χ0) is 12.3. The largest absolute Gasteiger partial charge is 0.342 e. The first kappa shape index (κ1) is 13.2. The number of carbonyl (C=O) groups is 1. The maximum absolute atomic E-state index is 12.2. The second kappa shape index (κ2) is 6.08. The highest BCUT2D eigenvalue weighted by Crippen LogP contribution is 2.28. The van der Waals surface area contributed by atoms with Crippen molar-refractivity contribution in [3.8, 4) is 0 Å². The molecule has 98 valence electrons. The molecule has 1 amide bonds. The number of rotatable bonds is 2. The van der Waals surface area contributed by atoms with E-state index in [9.17, 15) is 4.79 Å². The summed E-state index contributed by atoms with van der Waals surface area (Å²) in [5.74, 6) is 1.47. The van der Waals surface area contributed by atoms with Crippen LogP contribution in [0.15, 0.2) is 0 Å². The van der Waals surface area contributed by atoms with Gasteiger partial charge in [-0.25, -0.2) is 0 Å². The molecule has 0 N–H and O–H groups in total. The van der Waals surface area contributed by atoms with Crippen molar-refractivity contribution in [2.24, 2.45) is 11.8 Å². The van der Waals surface area contributed by atoms with Gasteiger partial charge in [-0.3, -0.25) is 4.79 Å². The van der Waals surface area contributed by atoms with Crippen LogP contribution in [0.2, 0.25) is 0 Å². The van der Waals surface area contributed by atoms with Crippen molar-refractivity contribution in [2.45, 2.75) is 57.2 Å². The molecule has 0 spiro atoms. The summed E-state index contributed by atoms with van der Waals surface area (Å²) in [4.78, 5) is 14.2. The Labute approximate surface area is 110 Å². The molecule has 0 aromatic heterocycles. The molecule has 0 bridgehead atoms. The van der Waals surface area contributed by atoms with Gasteiger partial charge in [0.05, 0.1) is 0 Å². The van der Waals surface area contributed by atoms with Crippen molar-refractivity contribution in [3.05, 3.63) is 0 Å². The molecule has 0 aromatic rings. The first-order valence-electron chi connectivity index (χ1n) is 7.08. The molecule has 1 saturated heterocycles. The Morgan fingerprint density at radius 1 is 1.24 bits per heavy atom. The molecule has 2 nitrogen and oxygen atoms in total. The molecule has 0 aromatic carbocycles. The van der Waals surface area contributed by atoms with Gasteiger partial charge in [0, 0.05) is 24.9 Å². The van der Waals surface area contributed by atoms with E-state index in [1.54, 1.807) is 0 Å². The van der Waals surface area contributed by atoms with Crippen LogP contribution in [0.4, 0.5) is 0 Å². The van der Waals surface area contributed by atoms with Gasteiger partial charge < -0.3 is 4.90 Å². The first-order valence-corrected chi connectivity index (χ1v) is 7.52. The number of piperidine rings is 1. The molecule has 2 unspecified atom stereocenters. The fraction of sp³-hybridized carbons (Fsp3) is 0.929. The van der Waals surface area contributed by atoms with Gasteiger partial charge in [0.25, 0.3) is 0 Å². The molecule has 1 heterocycles. The highest BCUT2D eigenvalue weighted by Gasteiger charge is 2.28. The fourth-order valence-corrected chi connectivity index (χ4v) is 3.29. The van der Waals surface area contributed by atoms with Gasteiger partial charge in [-0.2, -0.15) is 0 Å². The lowest BCUT2D eigenvalue weighted by atomic mass is 9.86. The summed E-state index contributed by atoms with van der Waals surface area (Å²) in [6.07, 6.45) is 8.24. The van der Waals surface area contributed by atoms with Crippen LogP contribution >= 0.6 is 11.6 Å². The molecule has 17 heavy (non-hydrogen) atoms. The number of likely N-dealkylation sites (tertiary alicyclic amines) is 1. The van der Waals surface area contributed by atoms with E-state index in [1.807, 2.05) is 4.90 Å². The normalized spacial score (nSPS) is 31.5. The van der Waals surface area contributed by atoms with Crippen molar-refractivity contribution in [2.75, 3.05) is 13.1 Å². The SMILES string of the molecule is CC1CN(C(=O)CC2CCCCC2)CCC1Cl. The van der Waals surface area contributed by atoms with Crippen LogP contribution in [0.1, 0.15) is 51.9 Å². The number of alkyl halides is 1. The second-order valence-electron chi connectivity index (χ2n) is 5.83. The molecular weight excluding hydrogens is 234 g/mol. The Balaban J connectivity index is 1.79. The smallest absolute Gasteiger partial charge is 0.222 e. The van der Waals surface area contributed by atoms with Gasteiger partial charge in [-0.15, -0.1) is 11.6 Å². The van der Waals surface area contributed by atoms with Crippen LogP contribution < -0.4 is 0 Å². The summed E-state index contributed by atoms with van der Waals surface area (Å²) in [5, 5.41) is 0.258. The van der Waals surface area contributed by atoms with E-state index in [4.69, 9.17) is 11.6 Å². The lowest BCUT2D eigenvalue weighted by molar-refractivity contribution is -0.134. The summed E-state index contributed by atoms with van der Waals surface area (Å²) in [6.45, 7) is 3.88. The third-order valence-corrected chi connectivity index (χ3v) is 4.99. The number of hydrogen-bond acceptors (Lipinski definition) is 1. The van der Waals surface area contributed by atoms with Gasteiger partial charge in [-0.1, -0.05) is 26.2 Å². The molecule has 0 radical (unpaired) electrons. The molecule has 3 heteroatoms. The Kier molecular flexibility index (Phi) is 4.72. The highest BCUT2D eigenvalue weighted by atomic mass is 35.5. The van der Waals surface area contributed by atoms with E-state index in [0.717, 1.165) is 25.9 Å². The fourth-order valence-electron chi connectivity index (χ4n) is 3.11. The van der Waals surface area contributed by atoms with Crippen LogP contribution in [-0.4, -0.2) is 29.3 Å². The predicted molar refractivity (Wildman–Crippen MR) is 71.2 cm³/mol. The number of hydrogen-bond donors (Lipinski definition) is 0. The van der Waals surface area contributed by atoms with E-state index in [2.05, 4.69) is 6.92 Å². The van der Waals surface area contributed by atoms with Crippen molar-refractivity contribution >= 4 is 17.5 Å². The van der Waals surface area contributed by atoms with E-state index in [-0.39, 0.29) is 5.38 Å². The van der Waals surface area contributed by atoms with E-state index in [1.165, 1.54) is 32.1 Å². The third-order valence-electron chi connectivity index (χ3n) is 4.34. The molecular formula is C14H24ClNO. The second-order valence-corrected chi connectivity index (χ2v) is 6.39. The summed E-state index contributed by atoms with van der Waals surface area (Å²) >= 11 is 6.19. The van der Waals surface area contributed by atoms with E-state index in [0.29, 0.717) is 17.7 Å². The average Bonchev–Trinajstić information content (AvgIpc) is 2.34. The average molecular weight is 258 g/mol. The Morgan fingerprint density at radius 2 is 1.94 bits per heavy atom. The number of amides is 1. The predicted octanol–water partition coefficient (Wildman–Crippen LogP) is 3.43. The third kappa shape index (κ3) is 3.61. The van der Waals surface area contributed by atoms with Gasteiger partial charge in [-0.05, 0) is 31.1 Å². The molecule has 2 atom stereocenters. The van der Waals surface area contributed by atoms with Crippen LogP contribution in [-0.2, 0) is 4.79 Å². The number of nitrogens with zero attached hydrogens (tertiary/aromatic N) is 1. The van der Waals surface area contributed by atoms with E-state index < -0.39 is 0 Å². The molecule has 2 aliphatic rings. The lowest BCUT2D eigenvalue weighted by Crippen LogP contribution is -2.44. The Bertz CT molecular complexity index is 263. The van der Waals surface area contributed by atoms with Crippen molar-refractivity contribution in [1.82, 2.24) is 4.90 Å². The first-order chi connectivity index (χ1) is 8.16. The summed E-state index contributed by atoms with van der Waals surface area (Å²) in [6, 6.07) is 0. The van der Waals surface area contributed by atoms with Crippen molar-refractivity contribution in [1.29, 1.82) is 0 Å². The molecule has 2 fully saturated rings. The molecule has 2 rings (SSSR count). The molecule has 1 saturated carbocycles. The minimum atomic E-state index is 0.258. The van der Waals surface area contributed by atoms with Gasteiger partial charge >= 0.3 is 0 Å². The standard InChI is InChI=1S/C14H24ClNO/c1-11-10-16(8-7-13(11)15)14(17)9-12-5-3-2-4-6-12/h11-13H,2-10H2,1H3. The van der Waals surface area contributed by atoms with Crippen LogP contribution in [0.5, 0.6) is 0 Å². The van der Waals surface area contributed by atoms with Crippen LogP contribution in [0, 0.1) is 11.8 Å². The van der Waals surface area contributed by atoms with Gasteiger partial charge in [0.15, 0.2) is 0 Å². The maximum Gasteiger partial charge on any atom is 0.222 e. The monoisotopic (exact) mass is 257 g/mol. The number of carbonyl (C=O) groups excluding carboxylic acids is 1. The topological polar surface area (TPSA) is 20.3 Å². The quantitative estimate of drug-likeness (QED) is 0.694. The van der Waals surface area contributed by atoms with Gasteiger partial charge in [0.2, 0.25) is 5.91 Å². The Morgan fingerprint density at radius 3 is 2.59 bits per heavy atom. The molecule has 1 aliphatic carbocycles. The summed E-state index contributed by atoms with van der Waals surface area (Å²) in [7, 11) is 0. The molecule has 1 aliphatic heterocycles. The van der Waals surface area contributed by atoms with Crippen LogP contribution in [0.3, 0.4) is 0 Å². The van der Waals surface area contributed by atoms with Crippen molar-refractivity contribution in [3.63, 3.8) is 0 Å². The number of halogens is 1. The zero-order valence-corrected chi connectivity index (χ0v) is 11.6. The maximum atomic E-state index is 12.2.